The van der Waals surface area contributed by atoms with Gasteiger partial charge in [0.1, 0.15) is 6.04 Å². The third-order valence-electron chi connectivity index (χ3n) is 4.66. The molecule has 1 unspecified atom stereocenters. The molecule has 1 aromatic carbocycles. The Kier molecular flexibility index (Phi) is 5.82. The second kappa shape index (κ2) is 8.20. The lowest BCUT2D eigenvalue weighted by Crippen LogP contribution is -2.25. The van der Waals surface area contributed by atoms with Crippen LogP contribution < -0.4 is 5.32 Å². The number of carbonyl (C=O) groups is 1. The molecule has 0 spiro atoms. The minimum absolute atomic E-state index is 0.0889. The molecule has 0 aliphatic carbocycles. The van der Waals surface area contributed by atoms with Gasteiger partial charge < -0.3 is 15.4 Å². The largest absolute Gasteiger partial charge is 0.416 e. The number of anilines is 1. The molecule has 1 N–H and O–H groups in total. The minimum atomic E-state index is -4.44. The van der Waals surface area contributed by atoms with Crippen molar-refractivity contribution >= 4 is 17.5 Å². The van der Waals surface area contributed by atoms with Crippen LogP contribution in [0.1, 0.15) is 35.5 Å². The van der Waals surface area contributed by atoms with Crippen molar-refractivity contribution in [1.29, 1.82) is 0 Å². The van der Waals surface area contributed by atoms with Crippen molar-refractivity contribution < 1.29 is 22.9 Å². The third-order valence-corrected chi connectivity index (χ3v) is 4.66. The van der Waals surface area contributed by atoms with Crippen molar-refractivity contribution in [3.8, 4) is 0 Å². The van der Waals surface area contributed by atoms with Gasteiger partial charge in [-0.1, -0.05) is 12.1 Å². The van der Waals surface area contributed by atoms with Gasteiger partial charge in [-0.05, 0) is 43.4 Å². The maximum absolute atomic E-state index is 12.9. The molecular formula is C19H19F3N6O3. The molecule has 1 amide bonds. The van der Waals surface area contributed by atoms with Gasteiger partial charge in [-0.25, -0.2) is 0 Å². The molecule has 0 aliphatic rings. The van der Waals surface area contributed by atoms with Crippen LogP contribution in [-0.4, -0.2) is 30.4 Å². The molecule has 9 nitrogen and oxygen atoms in total. The highest BCUT2D eigenvalue weighted by molar-refractivity contribution is 5.92. The standard InChI is InChI=1S/C19H19F3N6O3/c1-11-7-16(23-18(29)13(3)27-12(2)8-17(25-27)28(30)31)24-26(11)10-14-5-4-6-15(9-14)19(20,21)22/h4-9,13H,10H2,1-3H3,(H,23,24,29). The summed E-state index contributed by atoms with van der Waals surface area (Å²) < 4.78 is 41.4. The van der Waals surface area contributed by atoms with Crippen molar-refractivity contribution in [2.75, 3.05) is 5.32 Å². The molecule has 0 fully saturated rings. The Morgan fingerprint density at radius 3 is 2.52 bits per heavy atom. The summed E-state index contributed by atoms with van der Waals surface area (Å²) in [5.74, 6) is -0.649. The molecule has 3 rings (SSSR count). The number of carbonyl (C=O) groups excluding carboxylic acids is 1. The number of nitrogens with one attached hydrogen (secondary N) is 1. The topological polar surface area (TPSA) is 108 Å². The summed E-state index contributed by atoms with van der Waals surface area (Å²) in [6.07, 6.45) is -4.44. The molecule has 0 saturated carbocycles. The zero-order chi connectivity index (χ0) is 22.9. The molecule has 164 valence electrons. The molecule has 2 aromatic heterocycles. The Morgan fingerprint density at radius 1 is 1.19 bits per heavy atom. The molecule has 0 bridgehead atoms. The number of benzene rings is 1. The predicted molar refractivity (Wildman–Crippen MR) is 104 cm³/mol. The quantitative estimate of drug-likeness (QED) is 0.466. The summed E-state index contributed by atoms with van der Waals surface area (Å²) in [5, 5.41) is 21.5. The van der Waals surface area contributed by atoms with E-state index in [1.807, 2.05) is 0 Å². The Hall–Kier alpha value is -3.70. The Balaban J connectivity index is 1.74. The van der Waals surface area contributed by atoms with Crippen LogP contribution in [-0.2, 0) is 17.5 Å². The van der Waals surface area contributed by atoms with Crippen LogP contribution >= 0.6 is 0 Å². The zero-order valence-corrected chi connectivity index (χ0v) is 16.8. The van der Waals surface area contributed by atoms with Gasteiger partial charge >= 0.3 is 12.0 Å². The lowest BCUT2D eigenvalue weighted by atomic mass is 10.1. The summed E-state index contributed by atoms with van der Waals surface area (Å²) in [7, 11) is 0. The fourth-order valence-electron chi connectivity index (χ4n) is 3.04. The molecule has 31 heavy (non-hydrogen) atoms. The van der Waals surface area contributed by atoms with Gasteiger partial charge in [-0.3, -0.25) is 9.48 Å². The average Bonchev–Trinajstić information content (AvgIpc) is 3.23. The molecule has 12 heteroatoms. The van der Waals surface area contributed by atoms with Crippen LogP contribution in [0.2, 0.25) is 0 Å². The van der Waals surface area contributed by atoms with Gasteiger partial charge in [0.05, 0.1) is 29.0 Å². The van der Waals surface area contributed by atoms with E-state index in [-0.39, 0.29) is 18.2 Å². The highest BCUT2D eigenvalue weighted by Crippen LogP contribution is 2.29. The van der Waals surface area contributed by atoms with Gasteiger partial charge in [-0.15, -0.1) is 0 Å². The maximum atomic E-state index is 12.9. The summed E-state index contributed by atoms with van der Waals surface area (Å²) in [6.45, 7) is 4.93. The number of rotatable bonds is 6. The number of hydrogen-bond donors (Lipinski definition) is 1. The summed E-state index contributed by atoms with van der Waals surface area (Å²) in [5.41, 5.74) is 0.736. The number of amides is 1. The van der Waals surface area contributed by atoms with E-state index in [2.05, 4.69) is 15.5 Å². The van der Waals surface area contributed by atoms with Gasteiger partial charge in [0, 0.05) is 11.8 Å². The SMILES string of the molecule is Cc1cc(NC(=O)C(C)n2nc([N+](=O)[O-])cc2C)nn1Cc1cccc(C(F)(F)F)c1. The lowest BCUT2D eigenvalue weighted by Gasteiger charge is -2.10. The van der Waals surface area contributed by atoms with Gasteiger partial charge in [0.15, 0.2) is 5.82 Å². The van der Waals surface area contributed by atoms with E-state index in [0.717, 1.165) is 12.1 Å². The molecule has 2 heterocycles. The van der Waals surface area contributed by atoms with E-state index < -0.39 is 28.6 Å². The van der Waals surface area contributed by atoms with E-state index in [9.17, 15) is 28.1 Å². The van der Waals surface area contributed by atoms with Gasteiger partial charge in [0.25, 0.3) is 5.91 Å². The van der Waals surface area contributed by atoms with E-state index in [1.54, 1.807) is 26.0 Å². The predicted octanol–water partition coefficient (Wildman–Crippen LogP) is 3.87. The van der Waals surface area contributed by atoms with Crippen molar-refractivity contribution in [2.45, 2.75) is 39.5 Å². The van der Waals surface area contributed by atoms with E-state index >= 15 is 0 Å². The number of halogens is 3. The van der Waals surface area contributed by atoms with Crippen LogP contribution in [0.4, 0.5) is 24.8 Å². The van der Waals surface area contributed by atoms with Crippen LogP contribution in [0.5, 0.6) is 0 Å². The molecule has 0 aliphatic heterocycles. The smallest absolute Gasteiger partial charge is 0.358 e. The Morgan fingerprint density at radius 2 is 1.90 bits per heavy atom. The number of alkyl halides is 3. The van der Waals surface area contributed by atoms with Crippen LogP contribution in [0.3, 0.4) is 0 Å². The van der Waals surface area contributed by atoms with Crippen molar-refractivity contribution in [1.82, 2.24) is 19.6 Å². The Labute approximate surface area is 174 Å². The molecule has 1 atom stereocenters. The van der Waals surface area contributed by atoms with Crippen LogP contribution in [0.25, 0.3) is 0 Å². The first-order valence-corrected chi connectivity index (χ1v) is 9.17. The monoisotopic (exact) mass is 436 g/mol. The second-order valence-electron chi connectivity index (χ2n) is 7.04. The molecular weight excluding hydrogens is 417 g/mol. The summed E-state index contributed by atoms with van der Waals surface area (Å²) in [6, 6.07) is 6.93. The highest BCUT2D eigenvalue weighted by Gasteiger charge is 2.30. The minimum Gasteiger partial charge on any atom is -0.358 e. The van der Waals surface area contributed by atoms with Gasteiger partial charge in [-0.2, -0.15) is 23.0 Å². The summed E-state index contributed by atoms with van der Waals surface area (Å²) in [4.78, 5) is 22.8. The number of hydrogen-bond acceptors (Lipinski definition) is 5. The van der Waals surface area contributed by atoms with Crippen LogP contribution in [0.15, 0.2) is 36.4 Å². The number of aromatic nitrogens is 4. The first kappa shape index (κ1) is 22.0. The highest BCUT2D eigenvalue weighted by atomic mass is 19.4. The number of nitro groups is 1. The fraction of sp³-hybridized carbons (Fsp3) is 0.316. The number of aryl methyl sites for hydroxylation is 2. The maximum Gasteiger partial charge on any atom is 0.416 e. The molecule has 0 radical (unpaired) electrons. The average molecular weight is 436 g/mol. The molecule has 0 saturated heterocycles. The first-order valence-electron chi connectivity index (χ1n) is 9.17. The first-order chi connectivity index (χ1) is 14.5. The normalized spacial score (nSPS) is 12.6. The van der Waals surface area contributed by atoms with Crippen molar-refractivity contribution in [3.63, 3.8) is 0 Å². The van der Waals surface area contributed by atoms with E-state index in [0.29, 0.717) is 17.0 Å². The molecule has 3 aromatic rings. The fourth-order valence-corrected chi connectivity index (χ4v) is 3.04. The van der Waals surface area contributed by atoms with E-state index in [1.165, 1.54) is 28.4 Å². The van der Waals surface area contributed by atoms with Crippen LogP contribution in [0, 0.1) is 24.0 Å². The van der Waals surface area contributed by atoms with Crippen molar-refractivity contribution in [2.24, 2.45) is 0 Å². The summed E-state index contributed by atoms with van der Waals surface area (Å²) >= 11 is 0. The Bertz CT molecular complexity index is 1140. The third kappa shape index (κ3) is 4.90. The lowest BCUT2D eigenvalue weighted by molar-refractivity contribution is -0.389. The number of nitrogens with zero attached hydrogens (tertiary/aromatic N) is 5. The zero-order valence-electron chi connectivity index (χ0n) is 16.8. The van der Waals surface area contributed by atoms with E-state index in [4.69, 9.17) is 0 Å². The van der Waals surface area contributed by atoms with Gasteiger partial charge in [0.2, 0.25) is 0 Å². The van der Waals surface area contributed by atoms with Crippen molar-refractivity contribution in [3.05, 3.63) is 69.0 Å². The second-order valence-corrected chi connectivity index (χ2v) is 7.04.